The lowest BCUT2D eigenvalue weighted by atomic mass is 10.1. The first kappa shape index (κ1) is 16.1. The summed E-state index contributed by atoms with van der Waals surface area (Å²) in [6.07, 6.45) is 1.64. The molecule has 0 radical (unpaired) electrons. The molecule has 0 aromatic heterocycles. The average molecular weight is 291 g/mol. The number of rotatable bonds is 6. The van der Waals surface area contributed by atoms with E-state index in [1.807, 2.05) is 13.8 Å². The molecule has 110 valence electrons. The maximum atomic E-state index is 11.9. The number of amides is 1. The van der Waals surface area contributed by atoms with Crippen molar-refractivity contribution in [2.45, 2.75) is 51.4 Å². The highest BCUT2D eigenvalue weighted by Crippen LogP contribution is 2.29. The number of nitrogens with one attached hydrogen (secondary N) is 1. The Bertz CT molecular complexity index is 382. The molecule has 7 heteroatoms. The minimum Gasteiger partial charge on any atom is -0.480 e. The Kier molecular flexibility index (Phi) is 5.49. The van der Waals surface area contributed by atoms with Crippen LogP contribution in [0.4, 0.5) is 0 Å². The molecule has 0 spiro atoms. The Morgan fingerprint density at radius 1 is 1.53 bits per heavy atom. The summed E-state index contributed by atoms with van der Waals surface area (Å²) < 4.78 is 17.6. The number of aliphatic carboxylic acids is 1. The van der Waals surface area contributed by atoms with E-state index in [9.17, 15) is 13.8 Å². The zero-order valence-corrected chi connectivity index (χ0v) is 12.3. The van der Waals surface area contributed by atoms with Crippen LogP contribution in [0.2, 0.25) is 0 Å². The molecule has 3 atom stereocenters. The third kappa shape index (κ3) is 5.69. The fraction of sp³-hybridized carbons (Fsp3) is 0.833. The summed E-state index contributed by atoms with van der Waals surface area (Å²) in [7, 11) is -1.33. The SMILES string of the molecule is CC(=O)N[C@@H](CS(=O)CC1CCC(C)(C)O1)C(=O)O. The predicted octanol–water partition coefficient (Wildman–Crippen LogP) is 0.282. The number of ether oxygens (including phenoxy) is 1. The van der Waals surface area contributed by atoms with Crippen molar-refractivity contribution >= 4 is 22.7 Å². The molecule has 6 nitrogen and oxygen atoms in total. The van der Waals surface area contributed by atoms with Crippen molar-refractivity contribution < 1.29 is 23.6 Å². The van der Waals surface area contributed by atoms with E-state index in [0.717, 1.165) is 12.8 Å². The molecule has 1 amide bonds. The number of carbonyl (C=O) groups excluding carboxylic acids is 1. The monoisotopic (exact) mass is 291 g/mol. The zero-order chi connectivity index (χ0) is 14.6. The molecule has 2 N–H and O–H groups in total. The fourth-order valence-corrected chi connectivity index (χ4v) is 3.46. The lowest BCUT2D eigenvalue weighted by Crippen LogP contribution is -2.44. The van der Waals surface area contributed by atoms with Gasteiger partial charge in [-0.15, -0.1) is 0 Å². The highest BCUT2D eigenvalue weighted by atomic mass is 32.2. The molecule has 0 saturated carbocycles. The number of carboxylic acid groups (broad SMARTS) is 1. The summed E-state index contributed by atoms with van der Waals surface area (Å²) in [5, 5.41) is 11.2. The summed E-state index contributed by atoms with van der Waals surface area (Å²) in [4.78, 5) is 21.8. The van der Waals surface area contributed by atoms with Gasteiger partial charge in [-0.3, -0.25) is 9.00 Å². The first-order valence-electron chi connectivity index (χ1n) is 6.22. The maximum absolute atomic E-state index is 11.9. The van der Waals surface area contributed by atoms with Crippen molar-refractivity contribution in [1.82, 2.24) is 5.32 Å². The topological polar surface area (TPSA) is 92.7 Å². The average Bonchev–Trinajstić information content (AvgIpc) is 2.56. The van der Waals surface area contributed by atoms with Gasteiger partial charge in [0.05, 0.1) is 17.5 Å². The first-order valence-corrected chi connectivity index (χ1v) is 7.71. The van der Waals surface area contributed by atoms with E-state index < -0.39 is 28.7 Å². The fourth-order valence-electron chi connectivity index (χ4n) is 2.08. The van der Waals surface area contributed by atoms with Gasteiger partial charge in [-0.2, -0.15) is 0 Å². The van der Waals surface area contributed by atoms with Crippen LogP contribution in [0.3, 0.4) is 0 Å². The standard InChI is InChI=1S/C12H21NO5S/c1-8(14)13-10(11(15)16)7-19(17)6-9-4-5-12(2,3)18-9/h9-10H,4-7H2,1-3H3,(H,13,14)(H,15,16)/t9?,10-,19?/m0/s1. The summed E-state index contributed by atoms with van der Waals surface area (Å²) in [5.41, 5.74) is -0.196. The number of carbonyl (C=O) groups is 2. The quantitative estimate of drug-likeness (QED) is 0.733. The van der Waals surface area contributed by atoms with Crippen molar-refractivity contribution in [1.29, 1.82) is 0 Å². The van der Waals surface area contributed by atoms with Crippen molar-refractivity contribution in [3.63, 3.8) is 0 Å². The van der Waals surface area contributed by atoms with Gasteiger partial charge in [0, 0.05) is 23.5 Å². The highest BCUT2D eigenvalue weighted by Gasteiger charge is 2.33. The van der Waals surface area contributed by atoms with Gasteiger partial charge in [0.25, 0.3) is 0 Å². The third-order valence-electron chi connectivity index (χ3n) is 2.95. The van der Waals surface area contributed by atoms with Crippen molar-refractivity contribution in [3.8, 4) is 0 Å². The second-order valence-electron chi connectivity index (χ2n) is 5.40. The van der Waals surface area contributed by atoms with Gasteiger partial charge in [0.15, 0.2) is 0 Å². The number of hydrogen-bond donors (Lipinski definition) is 2. The molecule has 19 heavy (non-hydrogen) atoms. The molecular weight excluding hydrogens is 270 g/mol. The molecule has 0 aromatic carbocycles. The first-order chi connectivity index (χ1) is 8.69. The maximum Gasteiger partial charge on any atom is 0.327 e. The third-order valence-corrected chi connectivity index (χ3v) is 4.40. The van der Waals surface area contributed by atoms with Crippen molar-refractivity contribution in [2.24, 2.45) is 0 Å². The molecule has 1 heterocycles. The van der Waals surface area contributed by atoms with Gasteiger partial charge in [0.1, 0.15) is 6.04 Å². The lowest BCUT2D eigenvalue weighted by Gasteiger charge is -2.19. The second-order valence-corrected chi connectivity index (χ2v) is 6.95. The van der Waals surface area contributed by atoms with Gasteiger partial charge in [-0.25, -0.2) is 4.79 Å². The zero-order valence-electron chi connectivity index (χ0n) is 11.5. The normalized spacial score (nSPS) is 24.7. The van der Waals surface area contributed by atoms with E-state index in [1.54, 1.807) is 0 Å². The largest absolute Gasteiger partial charge is 0.480 e. The Balaban J connectivity index is 2.45. The van der Waals surface area contributed by atoms with Crippen LogP contribution < -0.4 is 5.32 Å². The Morgan fingerprint density at radius 3 is 2.58 bits per heavy atom. The second kappa shape index (κ2) is 6.47. The minimum absolute atomic E-state index is 0.0881. The Labute approximate surface area is 115 Å². The molecule has 0 bridgehead atoms. The number of carboxylic acids is 1. The van der Waals surface area contributed by atoms with Crippen LogP contribution in [0, 0.1) is 0 Å². The van der Waals surface area contributed by atoms with Crippen LogP contribution >= 0.6 is 0 Å². The molecule has 0 aliphatic carbocycles. The molecule has 1 aliphatic heterocycles. The Morgan fingerprint density at radius 2 is 2.16 bits per heavy atom. The van der Waals surface area contributed by atoms with Gasteiger partial charge >= 0.3 is 5.97 Å². The van der Waals surface area contributed by atoms with E-state index in [-0.39, 0.29) is 17.5 Å². The van der Waals surface area contributed by atoms with Crippen LogP contribution in [-0.2, 0) is 25.1 Å². The lowest BCUT2D eigenvalue weighted by molar-refractivity contribution is -0.140. The minimum atomic E-state index is -1.33. The summed E-state index contributed by atoms with van der Waals surface area (Å²) in [5.74, 6) is -1.39. The van der Waals surface area contributed by atoms with Crippen LogP contribution in [0.1, 0.15) is 33.6 Å². The molecule has 1 rings (SSSR count). The van der Waals surface area contributed by atoms with E-state index in [0.29, 0.717) is 5.75 Å². The molecule has 1 fully saturated rings. The predicted molar refractivity (Wildman–Crippen MR) is 71.3 cm³/mol. The summed E-state index contributed by atoms with van der Waals surface area (Å²) in [6, 6.07) is -1.10. The van der Waals surface area contributed by atoms with E-state index in [1.165, 1.54) is 6.92 Å². The van der Waals surface area contributed by atoms with Gasteiger partial charge < -0.3 is 15.2 Å². The molecule has 0 aromatic rings. The summed E-state index contributed by atoms with van der Waals surface area (Å²) in [6.45, 7) is 5.20. The molecule has 1 aliphatic rings. The van der Waals surface area contributed by atoms with Gasteiger partial charge in [0.2, 0.25) is 5.91 Å². The van der Waals surface area contributed by atoms with Crippen LogP contribution in [0.25, 0.3) is 0 Å². The van der Waals surface area contributed by atoms with Gasteiger partial charge in [-0.1, -0.05) is 0 Å². The molecule has 2 unspecified atom stereocenters. The molecular formula is C12H21NO5S. The van der Waals surface area contributed by atoms with E-state index >= 15 is 0 Å². The van der Waals surface area contributed by atoms with Crippen LogP contribution in [0.15, 0.2) is 0 Å². The van der Waals surface area contributed by atoms with E-state index in [4.69, 9.17) is 9.84 Å². The Hall–Kier alpha value is -0.950. The molecule has 1 saturated heterocycles. The van der Waals surface area contributed by atoms with Crippen molar-refractivity contribution in [2.75, 3.05) is 11.5 Å². The van der Waals surface area contributed by atoms with Gasteiger partial charge in [-0.05, 0) is 26.7 Å². The highest BCUT2D eigenvalue weighted by molar-refractivity contribution is 7.85. The van der Waals surface area contributed by atoms with Crippen LogP contribution in [-0.4, -0.2) is 50.4 Å². The number of hydrogen-bond acceptors (Lipinski definition) is 4. The van der Waals surface area contributed by atoms with E-state index in [2.05, 4.69) is 5.32 Å². The smallest absolute Gasteiger partial charge is 0.327 e. The van der Waals surface area contributed by atoms with Crippen molar-refractivity contribution in [3.05, 3.63) is 0 Å². The summed E-state index contributed by atoms with van der Waals surface area (Å²) >= 11 is 0. The van der Waals surface area contributed by atoms with Crippen LogP contribution in [0.5, 0.6) is 0 Å².